The van der Waals surface area contributed by atoms with Crippen molar-refractivity contribution in [3.63, 3.8) is 0 Å². The third-order valence-corrected chi connectivity index (χ3v) is 3.09. The number of nitrogens with two attached hydrogens (primary N) is 1. The van der Waals surface area contributed by atoms with Gasteiger partial charge in [0.05, 0.1) is 0 Å². The lowest BCUT2D eigenvalue weighted by atomic mass is 10.3. The standard InChI is InChI=1S/C13H12N6O2/c1-18(13(20)21)11-10-12(16-6-15-11)19(7-17-10)9-4-2-8(14)3-5-9/h2-7H,14H2,1H3,(H,20,21). The minimum absolute atomic E-state index is 0.238. The van der Waals surface area contributed by atoms with Crippen LogP contribution in [0.4, 0.5) is 16.3 Å². The normalized spacial score (nSPS) is 10.7. The first kappa shape index (κ1) is 12.9. The number of fused-ring (bicyclic) bond motifs is 1. The first-order valence-electron chi connectivity index (χ1n) is 6.08. The van der Waals surface area contributed by atoms with Gasteiger partial charge in [0, 0.05) is 18.4 Å². The molecule has 0 aliphatic carbocycles. The zero-order valence-electron chi connectivity index (χ0n) is 11.1. The summed E-state index contributed by atoms with van der Waals surface area (Å²) in [5.41, 5.74) is 8.09. The maximum Gasteiger partial charge on any atom is 0.412 e. The molecule has 0 radical (unpaired) electrons. The molecule has 0 aliphatic heterocycles. The minimum Gasteiger partial charge on any atom is -0.465 e. The van der Waals surface area contributed by atoms with Crippen molar-refractivity contribution in [3.05, 3.63) is 36.9 Å². The molecule has 1 amide bonds. The molecule has 8 heteroatoms. The van der Waals surface area contributed by atoms with Gasteiger partial charge in [-0.25, -0.2) is 19.7 Å². The number of imidazole rings is 1. The number of amides is 1. The molecular weight excluding hydrogens is 272 g/mol. The number of benzene rings is 1. The van der Waals surface area contributed by atoms with E-state index in [2.05, 4.69) is 15.0 Å². The van der Waals surface area contributed by atoms with Gasteiger partial charge in [-0.1, -0.05) is 0 Å². The Bertz CT molecular complexity index is 811. The largest absolute Gasteiger partial charge is 0.465 e. The Morgan fingerprint density at radius 1 is 1.24 bits per heavy atom. The molecule has 0 aliphatic rings. The highest BCUT2D eigenvalue weighted by atomic mass is 16.4. The molecule has 21 heavy (non-hydrogen) atoms. The van der Waals surface area contributed by atoms with Crippen molar-refractivity contribution in [1.82, 2.24) is 19.5 Å². The van der Waals surface area contributed by atoms with Gasteiger partial charge in [-0.2, -0.15) is 0 Å². The molecule has 3 N–H and O–H groups in total. The van der Waals surface area contributed by atoms with Crippen molar-refractivity contribution < 1.29 is 9.90 Å². The number of hydrogen-bond donors (Lipinski definition) is 2. The number of anilines is 2. The van der Waals surface area contributed by atoms with Crippen LogP contribution >= 0.6 is 0 Å². The van der Waals surface area contributed by atoms with Crippen molar-refractivity contribution in [1.29, 1.82) is 0 Å². The van der Waals surface area contributed by atoms with Gasteiger partial charge >= 0.3 is 6.09 Å². The van der Waals surface area contributed by atoms with Gasteiger partial charge in [-0.3, -0.25) is 9.47 Å². The molecule has 0 bridgehead atoms. The van der Waals surface area contributed by atoms with E-state index >= 15 is 0 Å². The number of nitrogen functional groups attached to an aromatic ring is 1. The number of rotatable bonds is 2. The van der Waals surface area contributed by atoms with E-state index in [0.29, 0.717) is 16.9 Å². The lowest BCUT2D eigenvalue weighted by Gasteiger charge is -2.11. The Morgan fingerprint density at radius 3 is 2.62 bits per heavy atom. The van der Waals surface area contributed by atoms with Crippen molar-refractivity contribution >= 4 is 28.8 Å². The number of aromatic nitrogens is 4. The summed E-state index contributed by atoms with van der Waals surface area (Å²) in [6, 6.07) is 7.21. The Kier molecular flexibility index (Phi) is 2.90. The van der Waals surface area contributed by atoms with E-state index in [0.717, 1.165) is 10.6 Å². The third-order valence-electron chi connectivity index (χ3n) is 3.09. The molecule has 0 unspecified atom stereocenters. The molecule has 3 aromatic rings. The topological polar surface area (TPSA) is 110 Å². The fraction of sp³-hybridized carbons (Fsp3) is 0.0769. The van der Waals surface area contributed by atoms with Crippen molar-refractivity contribution in [2.75, 3.05) is 17.7 Å². The van der Waals surface area contributed by atoms with Crippen LogP contribution in [0.5, 0.6) is 0 Å². The molecule has 0 spiro atoms. The molecule has 2 aromatic heterocycles. The molecule has 106 valence electrons. The molecule has 8 nitrogen and oxygen atoms in total. The summed E-state index contributed by atoms with van der Waals surface area (Å²) < 4.78 is 1.75. The van der Waals surface area contributed by atoms with E-state index in [1.807, 2.05) is 12.1 Å². The van der Waals surface area contributed by atoms with Crippen LogP contribution in [-0.2, 0) is 0 Å². The Morgan fingerprint density at radius 2 is 1.95 bits per heavy atom. The summed E-state index contributed by atoms with van der Waals surface area (Å²) in [6.07, 6.45) is 1.77. The van der Waals surface area contributed by atoms with Crippen LogP contribution in [0.2, 0.25) is 0 Å². The number of carbonyl (C=O) groups is 1. The SMILES string of the molecule is CN(C(=O)O)c1ncnc2c1ncn2-c1ccc(N)cc1. The number of carboxylic acid groups (broad SMARTS) is 1. The molecule has 1 aromatic carbocycles. The monoisotopic (exact) mass is 284 g/mol. The number of hydrogen-bond acceptors (Lipinski definition) is 5. The summed E-state index contributed by atoms with van der Waals surface area (Å²) in [7, 11) is 1.41. The van der Waals surface area contributed by atoms with Crippen LogP contribution in [0.25, 0.3) is 16.9 Å². The van der Waals surface area contributed by atoms with Crippen molar-refractivity contribution in [3.8, 4) is 5.69 Å². The fourth-order valence-corrected chi connectivity index (χ4v) is 1.98. The Labute approximate surface area is 119 Å². The Balaban J connectivity index is 2.17. The number of nitrogens with zero attached hydrogens (tertiary/aromatic N) is 5. The highest BCUT2D eigenvalue weighted by Gasteiger charge is 2.17. The van der Waals surface area contributed by atoms with E-state index in [-0.39, 0.29) is 5.82 Å². The summed E-state index contributed by atoms with van der Waals surface area (Å²) in [5, 5.41) is 9.07. The summed E-state index contributed by atoms with van der Waals surface area (Å²) in [4.78, 5) is 24.5. The highest BCUT2D eigenvalue weighted by molar-refractivity contribution is 5.94. The predicted octanol–water partition coefficient (Wildman–Crippen LogP) is 1.51. The van der Waals surface area contributed by atoms with Crippen molar-refractivity contribution in [2.45, 2.75) is 0 Å². The van der Waals surface area contributed by atoms with E-state index in [1.54, 1.807) is 23.0 Å². The van der Waals surface area contributed by atoms with Gasteiger partial charge in [0.2, 0.25) is 0 Å². The fourth-order valence-electron chi connectivity index (χ4n) is 1.98. The van der Waals surface area contributed by atoms with Gasteiger partial charge in [-0.05, 0) is 24.3 Å². The first-order valence-corrected chi connectivity index (χ1v) is 6.08. The quantitative estimate of drug-likeness (QED) is 0.690. The summed E-state index contributed by atoms with van der Waals surface area (Å²) in [6.45, 7) is 0. The molecule has 2 heterocycles. The van der Waals surface area contributed by atoms with Gasteiger partial charge in [0.1, 0.15) is 12.7 Å². The predicted molar refractivity (Wildman–Crippen MR) is 77.5 cm³/mol. The van der Waals surface area contributed by atoms with Gasteiger partial charge in [0.15, 0.2) is 17.0 Å². The summed E-state index contributed by atoms with van der Waals surface area (Å²) in [5.74, 6) is 0.238. The van der Waals surface area contributed by atoms with E-state index in [1.165, 1.54) is 13.4 Å². The zero-order chi connectivity index (χ0) is 15.0. The molecule has 3 rings (SSSR count). The van der Waals surface area contributed by atoms with Gasteiger partial charge < -0.3 is 10.8 Å². The van der Waals surface area contributed by atoms with Crippen LogP contribution in [0.3, 0.4) is 0 Å². The molecule has 0 fully saturated rings. The van der Waals surface area contributed by atoms with Gasteiger partial charge in [0.25, 0.3) is 0 Å². The van der Waals surface area contributed by atoms with E-state index < -0.39 is 6.09 Å². The maximum absolute atomic E-state index is 11.1. The third kappa shape index (κ3) is 2.12. The van der Waals surface area contributed by atoms with E-state index in [4.69, 9.17) is 10.8 Å². The zero-order valence-corrected chi connectivity index (χ0v) is 11.1. The lowest BCUT2D eigenvalue weighted by molar-refractivity contribution is 0.203. The van der Waals surface area contributed by atoms with Crippen LogP contribution in [-0.4, -0.2) is 37.8 Å². The second-order valence-corrected chi connectivity index (χ2v) is 4.42. The Hall–Kier alpha value is -3.16. The highest BCUT2D eigenvalue weighted by Crippen LogP contribution is 2.23. The second kappa shape index (κ2) is 4.75. The molecule has 0 saturated carbocycles. The van der Waals surface area contributed by atoms with Crippen LogP contribution < -0.4 is 10.6 Å². The maximum atomic E-state index is 11.1. The lowest BCUT2D eigenvalue weighted by Crippen LogP contribution is -2.25. The molecule has 0 saturated heterocycles. The average molecular weight is 284 g/mol. The second-order valence-electron chi connectivity index (χ2n) is 4.42. The van der Waals surface area contributed by atoms with Crippen LogP contribution in [0, 0.1) is 0 Å². The minimum atomic E-state index is -1.11. The van der Waals surface area contributed by atoms with Gasteiger partial charge in [-0.15, -0.1) is 0 Å². The smallest absolute Gasteiger partial charge is 0.412 e. The molecule has 0 atom stereocenters. The average Bonchev–Trinajstić information content (AvgIpc) is 2.91. The van der Waals surface area contributed by atoms with E-state index in [9.17, 15) is 4.79 Å². The van der Waals surface area contributed by atoms with Crippen LogP contribution in [0.1, 0.15) is 0 Å². The summed E-state index contributed by atoms with van der Waals surface area (Å²) >= 11 is 0. The van der Waals surface area contributed by atoms with Crippen molar-refractivity contribution in [2.24, 2.45) is 0 Å². The molecular formula is C13H12N6O2. The first-order chi connectivity index (χ1) is 10.1. The van der Waals surface area contributed by atoms with Crippen LogP contribution in [0.15, 0.2) is 36.9 Å².